The second-order valence-corrected chi connectivity index (χ2v) is 7.04. The average molecular weight is 427 g/mol. The first-order chi connectivity index (χ1) is 15.0. The van der Waals surface area contributed by atoms with Gasteiger partial charge in [0, 0.05) is 18.1 Å². The molecule has 8 nitrogen and oxygen atoms in total. The summed E-state index contributed by atoms with van der Waals surface area (Å²) in [5, 5.41) is 38.9. The summed E-state index contributed by atoms with van der Waals surface area (Å²) >= 11 is 0. The lowest BCUT2D eigenvalue weighted by Gasteiger charge is -2.36. The standard InChI is InChI=1S/C23H25NO7/c1-28-17-9-16(7-6-14-4-3-5-15(8-14)12-24)22(20(11-17)29-2)31-23-21(27)19(26)10-18(13-25)30-23/h3-9,11,18-19,21,23,25-27H,10,13H2,1-2H3/b7-6+/t18-,19-,21+,23-/m0/s1. The Kier molecular flexibility index (Phi) is 7.50. The molecule has 0 unspecified atom stereocenters. The molecular weight excluding hydrogens is 402 g/mol. The van der Waals surface area contributed by atoms with Crippen molar-refractivity contribution in [3.63, 3.8) is 0 Å². The summed E-state index contributed by atoms with van der Waals surface area (Å²) in [7, 11) is 2.99. The number of aliphatic hydroxyl groups is 3. The van der Waals surface area contributed by atoms with E-state index in [9.17, 15) is 15.3 Å². The largest absolute Gasteiger partial charge is 0.497 e. The number of hydrogen-bond acceptors (Lipinski definition) is 8. The third-order valence-corrected chi connectivity index (χ3v) is 4.93. The molecule has 3 rings (SSSR count). The van der Waals surface area contributed by atoms with Gasteiger partial charge in [0.15, 0.2) is 11.5 Å². The molecule has 0 saturated carbocycles. The summed E-state index contributed by atoms with van der Waals surface area (Å²) in [6.45, 7) is -0.314. The van der Waals surface area contributed by atoms with Crippen LogP contribution in [0.2, 0.25) is 0 Å². The first kappa shape index (κ1) is 22.6. The van der Waals surface area contributed by atoms with Crippen molar-refractivity contribution in [3.8, 4) is 23.3 Å². The van der Waals surface area contributed by atoms with Crippen LogP contribution < -0.4 is 14.2 Å². The molecule has 3 N–H and O–H groups in total. The Balaban J connectivity index is 1.98. The molecule has 0 amide bonds. The zero-order valence-electron chi connectivity index (χ0n) is 17.3. The van der Waals surface area contributed by atoms with Crippen LogP contribution in [0.15, 0.2) is 36.4 Å². The molecule has 0 aliphatic carbocycles. The van der Waals surface area contributed by atoms with Gasteiger partial charge < -0.3 is 34.3 Å². The van der Waals surface area contributed by atoms with Crippen molar-refractivity contribution in [2.45, 2.75) is 31.0 Å². The molecule has 0 spiro atoms. The fourth-order valence-electron chi connectivity index (χ4n) is 3.26. The Morgan fingerprint density at radius 3 is 2.65 bits per heavy atom. The van der Waals surface area contributed by atoms with E-state index in [0.717, 1.165) is 5.56 Å². The van der Waals surface area contributed by atoms with Crippen LogP contribution in [-0.4, -0.2) is 60.7 Å². The monoisotopic (exact) mass is 427 g/mol. The van der Waals surface area contributed by atoms with Crippen LogP contribution >= 0.6 is 0 Å². The normalized spacial score (nSPS) is 23.4. The first-order valence-electron chi connectivity index (χ1n) is 9.72. The molecule has 1 fully saturated rings. The predicted octanol–water partition coefficient (Wildman–Crippen LogP) is 1.95. The summed E-state index contributed by atoms with van der Waals surface area (Å²) in [5.74, 6) is 1.13. The van der Waals surface area contributed by atoms with Crippen LogP contribution in [0.5, 0.6) is 17.2 Å². The maximum Gasteiger partial charge on any atom is 0.229 e. The molecule has 0 aromatic heterocycles. The van der Waals surface area contributed by atoms with Gasteiger partial charge in [-0.15, -0.1) is 0 Å². The van der Waals surface area contributed by atoms with E-state index in [1.165, 1.54) is 14.2 Å². The Hall–Kier alpha value is -3.09. The molecule has 1 aliphatic heterocycles. The molecule has 4 atom stereocenters. The minimum atomic E-state index is -1.31. The minimum Gasteiger partial charge on any atom is -0.497 e. The molecule has 2 aromatic carbocycles. The number of nitriles is 1. The van der Waals surface area contributed by atoms with Crippen molar-refractivity contribution in [2.24, 2.45) is 0 Å². The highest BCUT2D eigenvalue weighted by atomic mass is 16.7. The van der Waals surface area contributed by atoms with E-state index in [1.54, 1.807) is 42.5 Å². The predicted molar refractivity (Wildman–Crippen MR) is 113 cm³/mol. The third-order valence-electron chi connectivity index (χ3n) is 4.93. The summed E-state index contributed by atoms with van der Waals surface area (Å²) in [5.41, 5.74) is 1.90. The number of hydrogen-bond donors (Lipinski definition) is 3. The van der Waals surface area contributed by atoms with Gasteiger partial charge in [0.05, 0.1) is 44.7 Å². The van der Waals surface area contributed by atoms with Gasteiger partial charge in [0.25, 0.3) is 0 Å². The smallest absolute Gasteiger partial charge is 0.229 e. The van der Waals surface area contributed by atoms with Gasteiger partial charge in [0.1, 0.15) is 11.9 Å². The Morgan fingerprint density at radius 1 is 1.16 bits per heavy atom. The van der Waals surface area contributed by atoms with Gasteiger partial charge >= 0.3 is 0 Å². The van der Waals surface area contributed by atoms with Crippen LogP contribution in [0.4, 0.5) is 0 Å². The number of rotatable bonds is 7. The van der Waals surface area contributed by atoms with Gasteiger partial charge in [-0.2, -0.15) is 5.26 Å². The molecule has 8 heteroatoms. The molecule has 31 heavy (non-hydrogen) atoms. The van der Waals surface area contributed by atoms with E-state index in [-0.39, 0.29) is 18.8 Å². The number of nitrogens with zero attached hydrogens (tertiary/aromatic N) is 1. The number of ether oxygens (including phenoxy) is 4. The topological polar surface area (TPSA) is 121 Å². The maximum absolute atomic E-state index is 10.3. The molecule has 1 aliphatic rings. The van der Waals surface area contributed by atoms with E-state index in [1.807, 2.05) is 6.07 Å². The SMILES string of the molecule is COc1cc(/C=C/c2cccc(C#N)c2)c(O[C@@H]2O[C@H](CO)C[C@H](O)[C@H]2O)c(OC)c1. The Labute approximate surface area is 180 Å². The second kappa shape index (κ2) is 10.3. The molecule has 0 bridgehead atoms. The maximum atomic E-state index is 10.3. The van der Waals surface area contributed by atoms with Crippen LogP contribution in [0, 0.1) is 11.3 Å². The lowest BCUT2D eigenvalue weighted by atomic mass is 10.0. The van der Waals surface area contributed by atoms with Gasteiger partial charge in [-0.05, 0) is 23.8 Å². The van der Waals surface area contributed by atoms with Crippen molar-refractivity contribution < 1.29 is 34.3 Å². The van der Waals surface area contributed by atoms with Gasteiger partial charge in [-0.1, -0.05) is 24.3 Å². The minimum absolute atomic E-state index is 0.0965. The van der Waals surface area contributed by atoms with Crippen molar-refractivity contribution >= 4 is 12.2 Å². The fraction of sp³-hybridized carbons (Fsp3) is 0.348. The number of benzene rings is 2. The van der Waals surface area contributed by atoms with Gasteiger partial charge in [-0.3, -0.25) is 0 Å². The summed E-state index contributed by atoms with van der Waals surface area (Å²) in [6, 6.07) is 12.5. The lowest BCUT2D eigenvalue weighted by molar-refractivity contribution is -0.241. The molecule has 0 radical (unpaired) electrons. The zero-order chi connectivity index (χ0) is 22.4. The van der Waals surface area contributed by atoms with Crippen molar-refractivity contribution in [3.05, 3.63) is 53.1 Å². The Morgan fingerprint density at radius 2 is 1.97 bits per heavy atom. The Bertz CT molecular complexity index is 969. The summed E-state index contributed by atoms with van der Waals surface area (Å²) < 4.78 is 22.3. The highest BCUT2D eigenvalue weighted by Crippen LogP contribution is 2.39. The zero-order valence-corrected chi connectivity index (χ0v) is 17.3. The highest BCUT2D eigenvalue weighted by molar-refractivity contribution is 5.75. The molecule has 2 aromatic rings. The second-order valence-electron chi connectivity index (χ2n) is 7.04. The molecule has 1 saturated heterocycles. The van der Waals surface area contributed by atoms with E-state index < -0.39 is 24.6 Å². The summed E-state index contributed by atoms with van der Waals surface area (Å²) in [4.78, 5) is 0. The quantitative estimate of drug-likeness (QED) is 0.574. The van der Waals surface area contributed by atoms with E-state index >= 15 is 0 Å². The fourth-order valence-corrected chi connectivity index (χ4v) is 3.26. The first-order valence-corrected chi connectivity index (χ1v) is 9.72. The van der Waals surface area contributed by atoms with Crippen LogP contribution in [-0.2, 0) is 4.74 Å². The highest BCUT2D eigenvalue weighted by Gasteiger charge is 2.38. The number of methoxy groups -OCH3 is 2. The van der Waals surface area contributed by atoms with Crippen molar-refractivity contribution in [2.75, 3.05) is 20.8 Å². The van der Waals surface area contributed by atoms with E-state index in [2.05, 4.69) is 6.07 Å². The average Bonchev–Trinajstić information content (AvgIpc) is 2.80. The van der Waals surface area contributed by atoms with Crippen molar-refractivity contribution in [1.29, 1.82) is 5.26 Å². The molecule has 164 valence electrons. The number of aliphatic hydroxyl groups excluding tert-OH is 3. The van der Waals surface area contributed by atoms with Gasteiger partial charge in [0.2, 0.25) is 6.29 Å². The van der Waals surface area contributed by atoms with Crippen LogP contribution in [0.1, 0.15) is 23.1 Å². The molecule has 1 heterocycles. The lowest BCUT2D eigenvalue weighted by Crippen LogP contribution is -2.51. The van der Waals surface area contributed by atoms with E-state index in [4.69, 9.17) is 24.2 Å². The van der Waals surface area contributed by atoms with Crippen LogP contribution in [0.3, 0.4) is 0 Å². The van der Waals surface area contributed by atoms with Crippen LogP contribution in [0.25, 0.3) is 12.2 Å². The van der Waals surface area contributed by atoms with Gasteiger partial charge in [-0.25, -0.2) is 0 Å². The van der Waals surface area contributed by atoms with E-state index in [0.29, 0.717) is 22.6 Å². The van der Waals surface area contributed by atoms with Crippen molar-refractivity contribution in [1.82, 2.24) is 0 Å². The molecular formula is C23H25NO7. The summed E-state index contributed by atoms with van der Waals surface area (Å²) in [6.07, 6.45) is -0.638. The third kappa shape index (κ3) is 5.34.